The Kier molecular flexibility index (Phi) is 4.28. The molecule has 146 valence electrons. The normalized spacial score (nSPS) is 15.6. The Bertz CT molecular complexity index is 1060. The van der Waals surface area contributed by atoms with Gasteiger partial charge in [0.05, 0.1) is 17.5 Å². The number of halogens is 4. The van der Waals surface area contributed by atoms with Crippen molar-refractivity contribution >= 4 is 11.6 Å². The second kappa shape index (κ2) is 6.54. The van der Waals surface area contributed by atoms with Gasteiger partial charge in [0.1, 0.15) is 11.6 Å². The summed E-state index contributed by atoms with van der Waals surface area (Å²) in [7, 11) is 0. The number of amides is 1. The molecule has 0 aliphatic heterocycles. The Morgan fingerprint density at radius 1 is 1.36 bits per heavy atom. The Hall–Kier alpha value is -3.04. The van der Waals surface area contributed by atoms with Crippen molar-refractivity contribution in [2.75, 3.05) is 0 Å². The van der Waals surface area contributed by atoms with Crippen LogP contribution < -0.4 is 5.32 Å². The number of hydrogen-bond donors (Lipinski definition) is 1. The van der Waals surface area contributed by atoms with Crippen molar-refractivity contribution in [1.82, 2.24) is 24.9 Å². The number of fused-ring (bicyclic) bond motifs is 1. The second-order valence-electron chi connectivity index (χ2n) is 6.75. The van der Waals surface area contributed by atoms with Crippen LogP contribution in [0.3, 0.4) is 0 Å². The van der Waals surface area contributed by atoms with Crippen molar-refractivity contribution in [2.45, 2.75) is 32.0 Å². The molecule has 1 N–H and O–H groups in total. The quantitative estimate of drug-likeness (QED) is 0.545. The van der Waals surface area contributed by atoms with Gasteiger partial charge in [0.25, 0.3) is 5.91 Å². The van der Waals surface area contributed by atoms with E-state index in [0.29, 0.717) is 18.5 Å². The number of rotatable bonds is 4. The summed E-state index contributed by atoms with van der Waals surface area (Å²) in [5.41, 5.74) is 0.806. The van der Waals surface area contributed by atoms with E-state index in [1.807, 2.05) is 0 Å². The molecule has 1 amide bonds. The summed E-state index contributed by atoms with van der Waals surface area (Å²) in [6, 6.07) is 2.66. The number of carbonyl (C=O) groups is 1. The first-order chi connectivity index (χ1) is 13.3. The third kappa shape index (κ3) is 3.30. The van der Waals surface area contributed by atoms with E-state index in [-0.39, 0.29) is 22.5 Å². The van der Waals surface area contributed by atoms with E-state index < -0.39 is 30.0 Å². The first kappa shape index (κ1) is 18.3. The van der Waals surface area contributed by atoms with E-state index in [4.69, 9.17) is 0 Å². The van der Waals surface area contributed by atoms with Gasteiger partial charge < -0.3 is 5.32 Å². The predicted octanol–water partition coefficient (Wildman–Crippen LogP) is 3.31. The van der Waals surface area contributed by atoms with Gasteiger partial charge in [-0.05, 0) is 43.9 Å². The Labute approximate surface area is 156 Å². The van der Waals surface area contributed by atoms with Crippen molar-refractivity contribution in [3.63, 3.8) is 0 Å². The number of pyridine rings is 1. The van der Waals surface area contributed by atoms with Crippen molar-refractivity contribution in [1.29, 1.82) is 0 Å². The van der Waals surface area contributed by atoms with Gasteiger partial charge in [-0.25, -0.2) is 14.5 Å². The molecule has 28 heavy (non-hydrogen) atoms. The summed E-state index contributed by atoms with van der Waals surface area (Å²) in [4.78, 5) is 20.4. The molecule has 3 heterocycles. The van der Waals surface area contributed by atoms with Crippen LogP contribution in [0, 0.1) is 18.8 Å². The lowest BCUT2D eigenvalue weighted by Gasteiger charge is -2.20. The summed E-state index contributed by atoms with van der Waals surface area (Å²) < 4.78 is 55.0. The number of alkyl halides is 3. The molecular formula is C18H15F4N5O. The largest absolute Gasteiger partial charge is 0.408 e. The molecule has 0 radical (unpaired) electrons. The number of aromatic nitrogens is 4. The van der Waals surface area contributed by atoms with Crippen molar-refractivity contribution in [3.8, 4) is 11.3 Å². The van der Waals surface area contributed by atoms with Crippen LogP contribution in [0.2, 0.25) is 0 Å². The van der Waals surface area contributed by atoms with Gasteiger partial charge in [-0.1, -0.05) is 0 Å². The average molecular weight is 393 g/mol. The number of nitrogens with zero attached hydrogens (tertiary/aromatic N) is 4. The fourth-order valence-electron chi connectivity index (χ4n) is 3.10. The standard InChI is InChI=1S/C18H15F4N5O/c1-9-7-13(11-3-2-6-23-15(11)19)25-16-12(8-24-27(9)16)17(28)26-14(10-4-5-10)18(20,21)22/h2-3,6-8,10,14H,4-5H2,1H3,(H,26,28)/t14-/m0/s1. The van der Waals surface area contributed by atoms with Crippen molar-refractivity contribution in [3.05, 3.63) is 47.8 Å². The molecule has 1 fully saturated rings. The van der Waals surface area contributed by atoms with E-state index >= 15 is 0 Å². The SMILES string of the molecule is Cc1cc(-c2cccnc2F)nc2c(C(=O)N[C@@H](C3CC3)C(F)(F)F)cnn12. The Balaban J connectivity index is 1.74. The third-order valence-corrected chi connectivity index (χ3v) is 4.66. The highest BCUT2D eigenvalue weighted by Crippen LogP contribution is 2.40. The average Bonchev–Trinajstić information content (AvgIpc) is 3.37. The first-order valence-corrected chi connectivity index (χ1v) is 8.59. The zero-order chi connectivity index (χ0) is 20.1. The van der Waals surface area contributed by atoms with Gasteiger partial charge >= 0.3 is 6.18 Å². The maximum absolute atomic E-state index is 14.0. The van der Waals surface area contributed by atoms with Gasteiger partial charge in [-0.2, -0.15) is 22.7 Å². The lowest BCUT2D eigenvalue weighted by Crippen LogP contribution is -2.46. The van der Waals surface area contributed by atoms with Crippen LogP contribution in [0.5, 0.6) is 0 Å². The molecule has 1 saturated carbocycles. The first-order valence-electron chi connectivity index (χ1n) is 8.59. The summed E-state index contributed by atoms with van der Waals surface area (Å²) in [5.74, 6) is -2.27. The molecule has 0 bridgehead atoms. The van der Waals surface area contributed by atoms with Crippen LogP contribution in [-0.2, 0) is 0 Å². The molecule has 6 nitrogen and oxygen atoms in total. The van der Waals surface area contributed by atoms with Gasteiger partial charge in [0.15, 0.2) is 5.65 Å². The summed E-state index contributed by atoms with van der Waals surface area (Å²) >= 11 is 0. The van der Waals surface area contributed by atoms with Crippen LogP contribution in [0.15, 0.2) is 30.6 Å². The minimum atomic E-state index is -4.53. The molecule has 0 aromatic carbocycles. The molecular weight excluding hydrogens is 378 g/mol. The monoisotopic (exact) mass is 393 g/mol. The summed E-state index contributed by atoms with van der Waals surface area (Å²) in [6.07, 6.45) is -1.25. The molecule has 1 aliphatic rings. The number of hydrogen-bond acceptors (Lipinski definition) is 4. The van der Waals surface area contributed by atoms with E-state index in [0.717, 1.165) is 6.20 Å². The molecule has 10 heteroatoms. The number of carbonyl (C=O) groups excluding carboxylic acids is 1. The minimum Gasteiger partial charge on any atom is -0.340 e. The maximum atomic E-state index is 14.0. The number of nitrogens with one attached hydrogen (secondary N) is 1. The van der Waals surface area contributed by atoms with Crippen LogP contribution in [-0.4, -0.2) is 37.7 Å². The van der Waals surface area contributed by atoms with Gasteiger partial charge in [-0.15, -0.1) is 0 Å². The van der Waals surface area contributed by atoms with Crippen LogP contribution in [0.1, 0.15) is 28.9 Å². The molecule has 0 spiro atoms. The number of aryl methyl sites for hydroxylation is 1. The van der Waals surface area contributed by atoms with Crippen molar-refractivity contribution < 1.29 is 22.4 Å². The van der Waals surface area contributed by atoms with Gasteiger partial charge in [0, 0.05) is 11.9 Å². The Morgan fingerprint density at radius 2 is 2.11 bits per heavy atom. The van der Waals surface area contributed by atoms with E-state index in [1.54, 1.807) is 13.0 Å². The van der Waals surface area contributed by atoms with Crippen molar-refractivity contribution in [2.24, 2.45) is 5.92 Å². The highest BCUT2D eigenvalue weighted by atomic mass is 19.4. The lowest BCUT2D eigenvalue weighted by molar-refractivity contribution is -0.158. The molecule has 4 rings (SSSR count). The maximum Gasteiger partial charge on any atom is 0.408 e. The van der Waals surface area contributed by atoms with E-state index in [1.165, 1.54) is 22.8 Å². The summed E-state index contributed by atoms with van der Waals surface area (Å²) in [5, 5.41) is 6.09. The summed E-state index contributed by atoms with van der Waals surface area (Å²) in [6.45, 7) is 1.67. The zero-order valence-electron chi connectivity index (χ0n) is 14.7. The molecule has 1 aliphatic carbocycles. The smallest absolute Gasteiger partial charge is 0.340 e. The molecule has 1 atom stereocenters. The van der Waals surface area contributed by atoms with Crippen LogP contribution in [0.25, 0.3) is 16.9 Å². The second-order valence-corrected chi connectivity index (χ2v) is 6.75. The lowest BCUT2D eigenvalue weighted by atomic mass is 10.1. The van der Waals surface area contributed by atoms with E-state index in [9.17, 15) is 22.4 Å². The zero-order valence-corrected chi connectivity index (χ0v) is 14.7. The molecule has 0 unspecified atom stereocenters. The van der Waals surface area contributed by atoms with E-state index in [2.05, 4.69) is 20.4 Å². The van der Waals surface area contributed by atoms with Gasteiger partial charge in [-0.3, -0.25) is 4.79 Å². The third-order valence-electron chi connectivity index (χ3n) is 4.66. The molecule has 0 saturated heterocycles. The fraction of sp³-hybridized carbons (Fsp3) is 0.333. The highest BCUT2D eigenvalue weighted by Gasteiger charge is 2.49. The minimum absolute atomic E-state index is 0.0486. The molecule has 3 aromatic rings. The van der Waals surface area contributed by atoms with Crippen LogP contribution in [0.4, 0.5) is 17.6 Å². The highest BCUT2D eigenvalue weighted by molar-refractivity contribution is 6.00. The predicted molar refractivity (Wildman–Crippen MR) is 90.9 cm³/mol. The van der Waals surface area contributed by atoms with Crippen LogP contribution >= 0.6 is 0 Å². The Morgan fingerprint density at radius 3 is 2.75 bits per heavy atom. The fourth-order valence-corrected chi connectivity index (χ4v) is 3.10. The van der Waals surface area contributed by atoms with Gasteiger partial charge in [0.2, 0.25) is 5.95 Å². The molecule has 3 aromatic heterocycles. The topological polar surface area (TPSA) is 72.2 Å².